The zero-order valence-corrected chi connectivity index (χ0v) is 16.2. The molecule has 0 bridgehead atoms. The summed E-state index contributed by atoms with van der Waals surface area (Å²) in [5, 5.41) is 11.0. The highest BCUT2D eigenvalue weighted by atomic mass is 35.5. The molecule has 0 aromatic carbocycles. The van der Waals surface area contributed by atoms with Crippen molar-refractivity contribution < 1.29 is 4.79 Å². The molecule has 2 aliphatic rings. The van der Waals surface area contributed by atoms with Gasteiger partial charge < -0.3 is 10.6 Å². The molecule has 3 heterocycles. The highest BCUT2D eigenvalue weighted by Gasteiger charge is 2.49. The van der Waals surface area contributed by atoms with Crippen LogP contribution in [-0.4, -0.2) is 33.8 Å². The summed E-state index contributed by atoms with van der Waals surface area (Å²) in [5.74, 6) is 1.23. The first-order chi connectivity index (χ1) is 11.8. The summed E-state index contributed by atoms with van der Waals surface area (Å²) < 4.78 is 1.84. The van der Waals surface area contributed by atoms with Gasteiger partial charge in [0.15, 0.2) is 5.82 Å². The zero-order valence-electron chi connectivity index (χ0n) is 14.6. The minimum Gasteiger partial charge on any atom is -0.315 e. The molecule has 8 heteroatoms. The van der Waals surface area contributed by atoms with E-state index in [4.69, 9.17) is 0 Å². The second kappa shape index (κ2) is 8.84. The van der Waals surface area contributed by atoms with Crippen LogP contribution < -0.4 is 10.6 Å². The summed E-state index contributed by atoms with van der Waals surface area (Å²) in [7, 11) is 0. The Labute approximate surface area is 166 Å². The summed E-state index contributed by atoms with van der Waals surface area (Å²) in [4.78, 5) is 17.0. The van der Waals surface area contributed by atoms with Crippen LogP contribution in [0.3, 0.4) is 0 Å². The number of carbonyl (C=O) groups is 1. The molecular formula is C18H25Cl2N5O. The largest absolute Gasteiger partial charge is 0.315 e. The standard InChI is InChI=1S/C18H23N5O.2ClH/c24-17(18-7-2-1-3-15(18)11-20-13-18)21-16-6-10-23(22-16)12-14-4-8-19-9-5-14;;/h4-6,8-10,15,20H,1-3,7,11-13H2,(H,21,22,24);2*1H/t15-,18+;;/m0../s1. The van der Waals surface area contributed by atoms with Gasteiger partial charge in [-0.05, 0) is 43.0 Å². The lowest BCUT2D eigenvalue weighted by atomic mass is 9.67. The molecule has 1 amide bonds. The van der Waals surface area contributed by atoms with Gasteiger partial charge in [-0.3, -0.25) is 14.5 Å². The number of hydrogen-bond acceptors (Lipinski definition) is 4. The van der Waals surface area contributed by atoms with Gasteiger partial charge in [0.25, 0.3) is 0 Å². The number of aromatic nitrogens is 3. The summed E-state index contributed by atoms with van der Waals surface area (Å²) in [6.07, 6.45) is 9.96. The second-order valence-corrected chi connectivity index (χ2v) is 6.94. The molecule has 142 valence electrons. The van der Waals surface area contributed by atoms with Gasteiger partial charge in [-0.15, -0.1) is 24.8 Å². The number of fused-ring (bicyclic) bond motifs is 1. The number of nitrogens with one attached hydrogen (secondary N) is 2. The predicted octanol–water partition coefficient (Wildman–Crippen LogP) is 2.89. The van der Waals surface area contributed by atoms with Crippen molar-refractivity contribution in [2.24, 2.45) is 11.3 Å². The molecule has 1 aliphatic carbocycles. The number of hydrogen-bond donors (Lipinski definition) is 2. The van der Waals surface area contributed by atoms with E-state index >= 15 is 0 Å². The highest BCUT2D eigenvalue weighted by Crippen LogP contribution is 2.44. The summed E-state index contributed by atoms with van der Waals surface area (Å²) in [5.41, 5.74) is 0.893. The molecule has 1 aliphatic heterocycles. The van der Waals surface area contributed by atoms with Crippen LogP contribution in [0.15, 0.2) is 36.8 Å². The molecule has 4 rings (SSSR count). The Hall–Kier alpha value is -1.63. The average Bonchev–Trinajstić information content (AvgIpc) is 3.23. The van der Waals surface area contributed by atoms with Gasteiger partial charge in [0.05, 0.1) is 12.0 Å². The molecule has 1 saturated heterocycles. The number of amides is 1. The molecule has 2 fully saturated rings. The first kappa shape index (κ1) is 20.7. The minimum absolute atomic E-state index is 0. The molecule has 1 saturated carbocycles. The quantitative estimate of drug-likeness (QED) is 0.831. The maximum Gasteiger partial charge on any atom is 0.233 e. The Bertz CT molecular complexity index is 723. The normalized spacial score (nSPS) is 24.1. The van der Waals surface area contributed by atoms with Gasteiger partial charge in [-0.1, -0.05) is 12.8 Å². The molecule has 26 heavy (non-hydrogen) atoms. The smallest absolute Gasteiger partial charge is 0.233 e. The van der Waals surface area contributed by atoms with E-state index in [9.17, 15) is 4.79 Å². The molecule has 6 nitrogen and oxygen atoms in total. The molecule has 2 atom stereocenters. The van der Waals surface area contributed by atoms with Crippen molar-refractivity contribution in [3.05, 3.63) is 42.4 Å². The van der Waals surface area contributed by atoms with Crippen LogP contribution >= 0.6 is 24.8 Å². The van der Waals surface area contributed by atoms with Crippen molar-refractivity contribution in [2.75, 3.05) is 18.4 Å². The lowest BCUT2D eigenvalue weighted by Crippen LogP contribution is -2.44. The Kier molecular flexibility index (Phi) is 7.03. The van der Waals surface area contributed by atoms with Crippen LogP contribution in [0.1, 0.15) is 31.2 Å². The van der Waals surface area contributed by atoms with Crippen LogP contribution in [0.4, 0.5) is 5.82 Å². The fourth-order valence-corrected chi connectivity index (χ4v) is 4.12. The predicted molar refractivity (Wildman–Crippen MR) is 106 cm³/mol. The van der Waals surface area contributed by atoms with E-state index in [-0.39, 0.29) is 36.1 Å². The van der Waals surface area contributed by atoms with Crippen LogP contribution in [0, 0.1) is 11.3 Å². The topological polar surface area (TPSA) is 71.8 Å². The molecule has 0 unspecified atom stereocenters. The van der Waals surface area contributed by atoms with E-state index in [1.54, 1.807) is 12.4 Å². The fraction of sp³-hybridized carbons (Fsp3) is 0.500. The SMILES string of the molecule is Cl.Cl.O=C(Nc1ccn(Cc2ccncc2)n1)[C@@]12CCCC[C@H]1CNC2. The fourth-order valence-electron chi connectivity index (χ4n) is 4.12. The number of carbonyl (C=O) groups excluding carboxylic acids is 1. The van der Waals surface area contributed by atoms with Gasteiger partial charge >= 0.3 is 0 Å². The van der Waals surface area contributed by atoms with Crippen LogP contribution in [0.25, 0.3) is 0 Å². The Balaban J connectivity index is 0.00000121. The number of rotatable bonds is 4. The van der Waals surface area contributed by atoms with E-state index < -0.39 is 0 Å². The zero-order chi connectivity index (χ0) is 16.4. The third-order valence-electron chi connectivity index (χ3n) is 5.47. The van der Waals surface area contributed by atoms with Crippen molar-refractivity contribution in [1.82, 2.24) is 20.1 Å². The second-order valence-electron chi connectivity index (χ2n) is 6.94. The lowest BCUT2D eigenvalue weighted by molar-refractivity contribution is -0.128. The van der Waals surface area contributed by atoms with Crippen molar-refractivity contribution in [2.45, 2.75) is 32.2 Å². The van der Waals surface area contributed by atoms with E-state index in [0.29, 0.717) is 18.3 Å². The van der Waals surface area contributed by atoms with Crippen LogP contribution in [-0.2, 0) is 11.3 Å². The van der Waals surface area contributed by atoms with Gasteiger partial charge in [-0.25, -0.2) is 0 Å². The molecule has 0 spiro atoms. The summed E-state index contributed by atoms with van der Waals surface area (Å²) in [6.45, 7) is 2.43. The summed E-state index contributed by atoms with van der Waals surface area (Å²) in [6, 6.07) is 5.81. The molecular weight excluding hydrogens is 373 g/mol. The number of anilines is 1. The van der Waals surface area contributed by atoms with E-state index in [2.05, 4.69) is 20.7 Å². The minimum atomic E-state index is -0.243. The molecule has 2 aromatic heterocycles. The molecule has 2 N–H and O–H groups in total. The maximum absolute atomic E-state index is 12.9. The Morgan fingerprint density at radius 1 is 1.27 bits per heavy atom. The van der Waals surface area contributed by atoms with Gasteiger partial charge in [-0.2, -0.15) is 5.10 Å². The highest BCUT2D eigenvalue weighted by molar-refractivity contribution is 5.95. The monoisotopic (exact) mass is 397 g/mol. The maximum atomic E-state index is 12.9. The first-order valence-corrected chi connectivity index (χ1v) is 8.71. The van der Waals surface area contributed by atoms with Crippen molar-refractivity contribution in [1.29, 1.82) is 0 Å². The van der Waals surface area contributed by atoms with Crippen LogP contribution in [0.2, 0.25) is 0 Å². The molecule has 0 radical (unpaired) electrons. The Morgan fingerprint density at radius 2 is 2.08 bits per heavy atom. The Morgan fingerprint density at radius 3 is 2.88 bits per heavy atom. The van der Waals surface area contributed by atoms with E-state index in [1.807, 2.05) is 29.1 Å². The van der Waals surface area contributed by atoms with Crippen molar-refractivity contribution in [3.63, 3.8) is 0 Å². The third kappa shape index (κ3) is 4.03. The number of nitrogens with zero attached hydrogens (tertiary/aromatic N) is 3. The first-order valence-electron chi connectivity index (χ1n) is 8.71. The van der Waals surface area contributed by atoms with Gasteiger partial charge in [0, 0.05) is 31.2 Å². The van der Waals surface area contributed by atoms with Crippen molar-refractivity contribution >= 4 is 36.5 Å². The lowest BCUT2D eigenvalue weighted by Gasteiger charge is -2.36. The van der Waals surface area contributed by atoms with Gasteiger partial charge in [0.1, 0.15) is 0 Å². The average molecular weight is 398 g/mol. The van der Waals surface area contributed by atoms with E-state index in [1.165, 1.54) is 6.42 Å². The van der Waals surface area contributed by atoms with Gasteiger partial charge in [0.2, 0.25) is 5.91 Å². The summed E-state index contributed by atoms with van der Waals surface area (Å²) >= 11 is 0. The van der Waals surface area contributed by atoms with E-state index in [0.717, 1.165) is 37.9 Å². The third-order valence-corrected chi connectivity index (χ3v) is 5.47. The van der Waals surface area contributed by atoms with Crippen LogP contribution in [0.5, 0.6) is 0 Å². The van der Waals surface area contributed by atoms with Crippen molar-refractivity contribution in [3.8, 4) is 0 Å². The molecule has 2 aromatic rings. The number of halogens is 2. The number of pyridine rings is 1.